The summed E-state index contributed by atoms with van der Waals surface area (Å²) in [6, 6.07) is 5.92. The summed E-state index contributed by atoms with van der Waals surface area (Å²) in [5.74, 6) is -1.30. The highest BCUT2D eigenvalue weighted by atomic mass is 19.3. The van der Waals surface area contributed by atoms with Gasteiger partial charge < -0.3 is 16.4 Å². The molecule has 126 valence electrons. The van der Waals surface area contributed by atoms with Crippen LogP contribution in [-0.2, 0) is 11.3 Å². The van der Waals surface area contributed by atoms with Crippen LogP contribution in [0.15, 0.2) is 65.1 Å². The molecular weight excluding hydrogens is 321 g/mol. The number of aliphatic imine (C=N–C) groups is 1. The minimum atomic E-state index is -2.82. The lowest BCUT2D eigenvalue weighted by Crippen LogP contribution is -2.36. The number of amides is 1. The van der Waals surface area contributed by atoms with Crippen molar-refractivity contribution in [1.82, 2.24) is 10.6 Å². The van der Waals surface area contributed by atoms with E-state index in [1.807, 2.05) is 0 Å². The van der Waals surface area contributed by atoms with Crippen LogP contribution in [0.5, 0.6) is 0 Å². The van der Waals surface area contributed by atoms with Gasteiger partial charge in [-0.15, -0.1) is 0 Å². The molecule has 1 amide bonds. The molecule has 0 aromatic heterocycles. The molecule has 0 unspecified atom stereocenters. The van der Waals surface area contributed by atoms with Crippen LogP contribution < -0.4 is 16.4 Å². The van der Waals surface area contributed by atoms with Gasteiger partial charge in [0.1, 0.15) is 17.3 Å². The van der Waals surface area contributed by atoms with Crippen molar-refractivity contribution in [3.05, 3.63) is 71.5 Å². The van der Waals surface area contributed by atoms with Gasteiger partial charge in [-0.05, 0) is 12.1 Å². The fourth-order valence-corrected chi connectivity index (χ4v) is 1.97. The summed E-state index contributed by atoms with van der Waals surface area (Å²) in [6.45, 7) is 3.44. The summed E-state index contributed by atoms with van der Waals surface area (Å²) in [4.78, 5) is 15.9. The van der Waals surface area contributed by atoms with Gasteiger partial charge in [0.25, 0.3) is 12.3 Å². The van der Waals surface area contributed by atoms with E-state index in [1.54, 1.807) is 6.07 Å². The van der Waals surface area contributed by atoms with Crippen LogP contribution in [0.1, 0.15) is 5.56 Å². The van der Waals surface area contributed by atoms with Crippen LogP contribution in [0.3, 0.4) is 0 Å². The number of rotatable bonds is 5. The van der Waals surface area contributed by atoms with Crippen molar-refractivity contribution in [2.24, 2.45) is 10.7 Å². The average Bonchev–Trinajstić information content (AvgIpc) is 2.54. The fraction of sp³-hybridized carbons (Fsp3) is 0.125. The zero-order valence-electron chi connectivity index (χ0n) is 12.5. The Morgan fingerprint density at radius 1 is 1.42 bits per heavy atom. The third kappa shape index (κ3) is 4.03. The first-order valence-corrected chi connectivity index (χ1v) is 6.90. The maximum absolute atomic E-state index is 13.5. The van der Waals surface area contributed by atoms with Gasteiger partial charge in [0.2, 0.25) is 0 Å². The van der Waals surface area contributed by atoms with Gasteiger partial charge in [0, 0.05) is 24.0 Å². The smallest absolute Gasteiger partial charge is 0.280 e. The molecule has 0 saturated heterocycles. The summed E-state index contributed by atoms with van der Waals surface area (Å²) >= 11 is 0. The van der Waals surface area contributed by atoms with E-state index in [4.69, 9.17) is 5.73 Å². The first-order valence-electron chi connectivity index (χ1n) is 6.90. The van der Waals surface area contributed by atoms with E-state index < -0.39 is 23.8 Å². The second-order valence-electron chi connectivity index (χ2n) is 4.83. The molecule has 2 rings (SSSR count). The van der Waals surface area contributed by atoms with E-state index in [9.17, 15) is 18.0 Å². The number of allylic oxidation sites excluding steroid dienone is 2. The molecule has 0 saturated carbocycles. The Labute approximate surface area is 136 Å². The number of nitrogens with one attached hydrogen (secondary N) is 2. The maximum Gasteiger partial charge on any atom is 0.280 e. The number of carbonyl (C=O) groups excluding carboxylic acids is 1. The summed E-state index contributed by atoms with van der Waals surface area (Å²) in [6.07, 6.45) is -0.816. The van der Waals surface area contributed by atoms with Crippen LogP contribution >= 0.6 is 0 Å². The van der Waals surface area contributed by atoms with Gasteiger partial charge >= 0.3 is 0 Å². The van der Waals surface area contributed by atoms with Gasteiger partial charge in [-0.25, -0.2) is 18.2 Å². The van der Waals surface area contributed by atoms with E-state index in [-0.39, 0.29) is 29.2 Å². The third-order valence-corrected chi connectivity index (χ3v) is 3.13. The second-order valence-corrected chi connectivity index (χ2v) is 4.83. The number of hydrogen-bond acceptors (Lipinski definition) is 4. The zero-order valence-corrected chi connectivity index (χ0v) is 12.5. The first-order chi connectivity index (χ1) is 11.4. The van der Waals surface area contributed by atoms with Crippen molar-refractivity contribution in [1.29, 1.82) is 0 Å². The number of hydrogen-bond donors (Lipinski definition) is 3. The Morgan fingerprint density at radius 3 is 2.75 bits per heavy atom. The van der Waals surface area contributed by atoms with Crippen molar-refractivity contribution >= 4 is 11.7 Å². The van der Waals surface area contributed by atoms with E-state index in [1.165, 1.54) is 18.2 Å². The van der Waals surface area contributed by atoms with Crippen LogP contribution in [0.4, 0.5) is 13.2 Å². The number of benzene rings is 1. The van der Waals surface area contributed by atoms with Gasteiger partial charge in [-0.2, -0.15) is 0 Å². The van der Waals surface area contributed by atoms with E-state index in [0.29, 0.717) is 0 Å². The number of nitrogens with two attached hydrogens (primary N) is 1. The molecule has 1 aliphatic heterocycles. The molecule has 0 spiro atoms. The van der Waals surface area contributed by atoms with Crippen LogP contribution in [0.25, 0.3) is 0 Å². The molecule has 0 bridgehead atoms. The fourth-order valence-electron chi connectivity index (χ4n) is 1.97. The summed E-state index contributed by atoms with van der Waals surface area (Å²) < 4.78 is 39.2. The van der Waals surface area contributed by atoms with Gasteiger partial charge in [0.05, 0.1) is 5.57 Å². The second kappa shape index (κ2) is 7.49. The normalized spacial score (nSPS) is 14.8. The Morgan fingerprint density at radius 2 is 2.12 bits per heavy atom. The van der Waals surface area contributed by atoms with Gasteiger partial charge in [0.15, 0.2) is 0 Å². The van der Waals surface area contributed by atoms with E-state index in [2.05, 4.69) is 22.2 Å². The highest BCUT2D eigenvalue weighted by molar-refractivity contribution is 6.21. The molecule has 24 heavy (non-hydrogen) atoms. The molecule has 1 aromatic carbocycles. The third-order valence-electron chi connectivity index (χ3n) is 3.13. The zero-order chi connectivity index (χ0) is 17.7. The molecule has 0 fully saturated rings. The Kier molecular flexibility index (Phi) is 5.41. The number of nitrogens with zero attached hydrogens (tertiary/aromatic N) is 1. The van der Waals surface area contributed by atoms with Crippen LogP contribution in [-0.4, -0.2) is 18.2 Å². The molecule has 8 heteroatoms. The summed E-state index contributed by atoms with van der Waals surface area (Å²) in [7, 11) is 0. The summed E-state index contributed by atoms with van der Waals surface area (Å²) in [5.41, 5.74) is 5.16. The number of amidine groups is 1. The van der Waals surface area contributed by atoms with E-state index in [0.717, 1.165) is 12.3 Å². The lowest BCUT2D eigenvalue weighted by Gasteiger charge is -2.18. The van der Waals surface area contributed by atoms with Crippen LogP contribution in [0, 0.1) is 5.82 Å². The van der Waals surface area contributed by atoms with Crippen molar-refractivity contribution in [3.63, 3.8) is 0 Å². The Balaban J connectivity index is 2.14. The topological polar surface area (TPSA) is 79.5 Å². The monoisotopic (exact) mass is 336 g/mol. The molecule has 4 N–H and O–H groups in total. The SMILES string of the molecule is C=C1C=C(C(F)F)N=C(C(=CN)C(=O)NCc2ccccc2F)N1. The Hall–Kier alpha value is -3.03. The lowest BCUT2D eigenvalue weighted by atomic mass is 10.1. The predicted molar refractivity (Wildman–Crippen MR) is 84.3 cm³/mol. The van der Waals surface area contributed by atoms with Gasteiger partial charge in [-0.3, -0.25) is 4.79 Å². The minimum absolute atomic E-state index is 0.0887. The highest BCUT2D eigenvalue weighted by Gasteiger charge is 2.22. The summed E-state index contributed by atoms with van der Waals surface area (Å²) in [5, 5.41) is 5.07. The maximum atomic E-state index is 13.5. The molecule has 5 nitrogen and oxygen atoms in total. The standard InChI is InChI=1S/C16H15F3N4O/c1-9-6-13(14(18)19)23-15(22-9)11(7-20)16(24)21-8-10-4-2-3-5-12(10)17/h2-7,14H,1,8,20H2,(H,21,24)(H,22,23). The first kappa shape index (κ1) is 17.3. The minimum Gasteiger partial charge on any atom is -0.404 e. The number of alkyl halides is 2. The van der Waals surface area contributed by atoms with Crippen LogP contribution in [0.2, 0.25) is 0 Å². The van der Waals surface area contributed by atoms with Crippen molar-refractivity contribution < 1.29 is 18.0 Å². The van der Waals surface area contributed by atoms with Crippen molar-refractivity contribution in [3.8, 4) is 0 Å². The van der Waals surface area contributed by atoms with E-state index >= 15 is 0 Å². The molecular formula is C16H15F3N4O. The molecule has 1 heterocycles. The van der Waals surface area contributed by atoms with Crippen molar-refractivity contribution in [2.75, 3.05) is 0 Å². The quantitative estimate of drug-likeness (QED) is 0.719. The molecule has 0 aliphatic carbocycles. The molecule has 1 aromatic rings. The number of halogens is 3. The van der Waals surface area contributed by atoms with Crippen molar-refractivity contribution in [2.45, 2.75) is 13.0 Å². The number of carbonyl (C=O) groups is 1. The average molecular weight is 336 g/mol. The van der Waals surface area contributed by atoms with Gasteiger partial charge in [-0.1, -0.05) is 24.8 Å². The predicted octanol–water partition coefficient (Wildman–Crippen LogP) is 1.95. The molecule has 0 radical (unpaired) electrons. The molecule has 1 aliphatic rings. The Bertz CT molecular complexity index is 753. The largest absolute Gasteiger partial charge is 0.404 e. The lowest BCUT2D eigenvalue weighted by molar-refractivity contribution is -0.117. The highest BCUT2D eigenvalue weighted by Crippen LogP contribution is 2.17. The molecule has 0 atom stereocenters.